The lowest BCUT2D eigenvalue weighted by atomic mass is 10.3. The fourth-order valence-corrected chi connectivity index (χ4v) is 0.551. The average molecular weight is 152 g/mol. The van der Waals surface area contributed by atoms with Gasteiger partial charge in [-0.25, -0.2) is 0 Å². The number of hydrogen-bond acceptors (Lipinski definition) is 3. The summed E-state index contributed by atoms with van der Waals surface area (Å²) in [5, 5.41) is 8.02. The molecule has 0 aliphatic heterocycles. The molecule has 0 aliphatic carbocycles. The van der Waals surface area contributed by atoms with Crippen molar-refractivity contribution < 1.29 is 9.90 Å². The summed E-state index contributed by atoms with van der Waals surface area (Å²) in [5.41, 5.74) is 0. The molecule has 0 aromatic heterocycles. The van der Waals surface area contributed by atoms with Crippen molar-refractivity contribution >= 4 is 31.2 Å². The Balaban J connectivity index is 3.24. The normalized spacial score (nSPS) is 13.2. The average Bonchev–Trinajstić information content (AvgIpc) is 1.65. The van der Waals surface area contributed by atoms with Crippen molar-refractivity contribution in [3.63, 3.8) is 0 Å². The summed E-state index contributed by atoms with van der Waals surface area (Å²) in [5.74, 6) is -0.311. The molecule has 0 rings (SSSR count). The van der Waals surface area contributed by atoms with Crippen molar-refractivity contribution in [2.75, 3.05) is 5.75 Å². The standard InChI is InChI=1S/C4H8O2S2/c5-4(6)1-3(8)2-7/h3,7-8H,1-2H2,(H,5,6). The van der Waals surface area contributed by atoms with Crippen LogP contribution in [0.4, 0.5) is 0 Å². The van der Waals surface area contributed by atoms with Gasteiger partial charge in [0.15, 0.2) is 0 Å². The fourth-order valence-electron chi connectivity index (χ4n) is 0.266. The van der Waals surface area contributed by atoms with Gasteiger partial charge >= 0.3 is 5.97 Å². The number of carboxylic acids is 1. The van der Waals surface area contributed by atoms with Crippen LogP contribution in [-0.2, 0) is 4.79 Å². The first-order valence-electron chi connectivity index (χ1n) is 2.17. The predicted molar refractivity (Wildman–Crippen MR) is 38.9 cm³/mol. The second kappa shape index (κ2) is 4.09. The van der Waals surface area contributed by atoms with Crippen LogP contribution in [0.25, 0.3) is 0 Å². The topological polar surface area (TPSA) is 37.3 Å². The minimum absolute atomic E-state index is 0.0899. The molecule has 0 saturated heterocycles. The summed E-state index contributed by atoms with van der Waals surface area (Å²) in [6.45, 7) is 0. The van der Waals surface area contributed by atoms with E-state index in [4.69, 9.17) is 5.11 Å². The molecule has 1 unspecified atom stereocenters. The van der Waals surface area contributed by atoms with Crippen molar-refractivity contribution in [1.29, 1.82) is 0 Å². The third-order valence-corrected chi connectivity index (χ3v) is 1.71. The summed E-state index contributed by atoms with van der Waals surface area (Å²) in [4.78, 5) is 9.89. The summed E-state index contributed by atoms with van der Waals surface area (Å²) in [6, 6.07) is 0. The predicted octanol–water partition coefficient (Wildman–Crippen LogP) is 0.689. The van der Waals surface area contributed by atoms with Crippen LogP contribution in [0.1, 0.15) is 6.42 Å². The lowest BCUT2D eigenvalue weighted by molar-refractivity contribution is -0.136. The summed E-state index contributed by atoms with van der Waals surface area (Å²) >= 11 is 7.76. The van der Waals surface area contributed by atoms with Gasteiger partial charge in [-0.2, -0.15) is 25.3 Å². The minimum atomic E-state index is -0.820. The van der Waals surface area contributed by atoms with E-state index < -0.39 is 5.97 Å². The zero-order valence-corrected chi connectivity index (χ0v) is 6.03. The van der Waals surface area contributed by atoms with Crippen molar-refractivity contribution in [3.8, 4) is 0 Å². The maximum Gasteiger partial charge on any atom is 0.304 e. The van der Waals surface area contributed by atoms with E-state index in [1.807, 2.05) is 0 Å². The highest BCUT2D eigenvalue weighted by Crippen LogP contribution is 2.01. The van der Waals surface area contributed by atoms with E-state index in [0.29, 0.717) is 5.75 Å². The van der Waals surface area contributed by atoms with Crippen LogP contribution in [0.3, 0.4) is 0 Å². The van der Waals surface area contributed by atoms with Crippen LogP contribution < -0.4 is 0 Å². The molecule has 48 valence electrons. The number of hydrogen-bond donors (Lipinski definition) is 3. The van der Waals surface area contributed by atoms with E-state index in [9.17, 15) is 4.79 Å². The summed E-state index contributed by atoms with van der Waals surface area (Å²) in [6.07, 6.45) is 0.0899. The quantitative estimate of drug-likeness (QED) is 0.520. The maximum atomic E-state index is 9.89. The molecule has 0 amide bonds. The van der Waals surface area contributed by atoms with Gasteiger partial charge in [0.05, 0.1) is 6.42 Å². The van der Waals surface area contributed by atoms with Crippen molar-refractivity contribution in [1.82, 2.24) is 0 Å². The second-order valence-corrected chi connectivity index (χ2v) is 2.53. The van der Waals surface area contributed by atoms with Gasteiger partial charge in [0.25, 0.3) is 0 Å². The van der Waals surface area contributed by atoms with E-state index in [1.165, 1.54) is 0 Å². The van der Waals surface area contributed by atoms with Gasteiger partial charge in [-0.05, 0) is 0 Å². The Morgan fingerprint density at radius 3 is 2.38 bits per heavy atom. The number of aliphatic carboxylic acids is 1. The highest BCUT2D eigenvalue weighted by Gasteiger charge is 2.04. The fraction of sp³-hybridized carbons (Fsp3) is 0.750. The van der Waals surface area contributed by atoms with Crippen LogP contribution in [0.5, 0.6) is 0 Å². The first-order chi connectivity index (χ1) is 3.66. The zero-order chi connectivity index (χ0) is 6.57. The van der Waals surface area contributed by atoms with Crippen LogP contribution in [0, 0.1) is 0 Å². The third kappa shape index (κ3) is 4.33. The molecule has 1 N–H and O–H groups in total. The molecule has 0 spiro atoms. The molecular weight excluding hydrogens is 144 g/mol. The van der Waals surface area contributed by atoms with E-state index in [1.54, 1.807) is 0 Å². The molecule has 4 heteroatoms. The number of carboxylic acid groups (broad SMARTS) is 1. The summed E-state index contributed by atoms with van der Waals surface area (Å²) in [7, 11) is 0. The number of thiol groups is 2. The smallest absolute Gasteiger partial charge is 0.304 e. The van der Waals surface area contributed by atoms with Crippen LogP contribution >= 0.6 is 25.3 Å². The van der Waals surface area contributed by atoms with E-state index in [0.717, 1.165) is 0 Å². The first kappa shape index (κ1) is 8.17. The van der Waals surface area contributed by atoms with E-state index in [2.05, 4.69) is 25.3 Å². The molecule has 0 radical (unpaired) electrons. The Kier molecular flexibility index (Phi) is 4.18. The van der Waals surface area contributed by atoms with Gasteiger partial charge in [0.1, 0.15) is 0 Å². The molecular formula is C4H8O2S2. The molecule has 0 aliphatic rings. The maximum absolute atomic E-state index is 9.89. The lowest BCUT2D eigenvalue weighted by Crippen LogP contribution is -2.07. The van der Waals surface area contributed by atoms with Crippen molar-refractivity contribution in [2.24, 2.45) is 0 Å². The van der Waals surface area contributed by atoms with E-state index in [-0.39, 0.29) is 11.7 Å². The molecule has 2 nitrogen and oxygen atoms in total. The Bertz CT molecular complexity index is 84.1. The van der Waals surface area contributed by atoms with Crippen molar-refractivity contribution in [2.45, 2.75) is 11.7 Å². The highest BCUT2D eigenvalue weighted by atomic mass is 32.1. The minimum Gasteiger partial charge on any atom is -0.481 e. The Morgan fingerprint density at radius 1 is 1.75 bits per heavy atom. The Hall–Kier alpha value is 0.170. The Labute approximate surface area is 59.1 Å². The molecule has 0 saturated carbocycles. The molecule has 0 aromatic rings. The SMILES string of the molecule is O=C(O)CC(S)CS. The monoisotopic (exact) mass is 152 g/mol. The number of carbonyl (C=O) groups is 1. The first-order valence-corrected chi connectivity index (χ1v) is 3.32. The van der Waals surface area contributed by atoms with Crippen molar-refractivity contribution in [3.05, 3.63) is 0 Å². The summed E-state index contributed by atoms with van der Waals surface area (Å²) < 4.78 is 0. The lowest BCUT2D eigenvalue weighted by Gasteiger charge is -1.99. The molecule has 0 bridgehead atoms. The molecule has 1 atom stereocenters. The van der Waals surface area contributed by atoms with Crippen LogP contribution in [0.15, 0.2) is 0 Å². The van der Waals surface area contributed by atoms with Gasteiger partial charge < -0.3 is 5.11 Å². The van der Waals surface area contributed by atoms with E-state index >= 15 is 0 Å². The van der Waals surface area contributed by atoms with Gasteiger partial charge in [0.2, 0.25) is 0 Å². The van der Waals surface area contributed by atoms with Gasteiger partial charge in [0, 0.05) is 11.0 Å². The Morgan fingerprint density at radius 2 is 2.25 bits per heavy atom. The van der Waals surface area contributed by atoms with Gasteiger partial charge in [-0.1, -0.05) is 0 Å². The largest absolute Gasteiger partial charge is 0.481 e. The second-order valence-electron chi connectivity index (χ2n) is 1.43. The number of rotatable bonds is 3. The van der Waals surface area contributed by atoms with Gasteiger partial charge in [-0.15, -0.1) is 0 Å². The zero-order valence-electron chi connectivity index (χ0n) is 4.24. The van der Waals surface area contributed by atoms with Gasteiger partial charge in [-0.3, -0.25) is 4.79 Å². The van der Waals surface area contributed by atoms with Crippen LogP contribution in [0.2, 0.25) is 0 Å². The van der Waals surface area contributed by atoms with Crippen LogP contribution in [-0.4, -0.2) is 22.1 Å². The third-order valence-electron chi connectivity index (χ3n) is 0.621. The molecule has 0 heterocycles. The molecule has 8 heavy (non-hydrogen) atoms. The molecule has 0 aromatic carbocycles. The highest BCUT2D eigenvalue weighted by molar-refractivity contribution is 7.84. The molecule has 0 fully saturated rings.